The minimum absolute atomic E-state index is 0.246. The number of hydrogen-bond donors (Lipinski definition) is 2. The molecule has 3 N–H and O–H groups in total. The van der Waals surface area contributed by atoms with Crippen LogP contribution in [0.25, 0.3) is 0 Å². The monoisotopic (exact) mass is 284 g/mol. The van der Waals surface area contributed by atoms with E-state index in [1.54, 1.807) is 14.0 Å². The van der Waals surface area contributed by atoms with Crippen LogP contribution in [0.3, 0.4) is 0 Å². The lowest BCUT2D eigenvalue weighted by Gasteiger charge is -2.19. The van der Waals surface area contributed by atoms with Crippen LogP contribution in [-0.2, 0) is 4.79 Å². The minimum atomic E-state index is -0.714. The number of nitrogens with two attached hydrogens (primary N) is 1. The number of urea groups is 1. The van der Waals surface area contributed by atoms with Gasteiger partial charge in [0.15, 0.2) is 5.13 Å². The molecule has 1 aromatic heterocycles. The van der Waals surface area contributed by atoms with E-state index in [1.165, 1.54) is 16.2 Å². The predicted octanol–water partition coefficient (Wildman–Crippen LogP) is 1.68. The van der Waals surface area contributed by atoms with E-state index in [9.17, 15) is 9.59 Å². The summed E-state index contributed by atoms with van der Waals surface area (Å²) in [7, 11) is 1.64. The zero-order valence-electron chi connectivity index (χ0n) is 11.6. The Morgan fingerprint density at radius 2 is 2.16 bits per heavy atom. The van der Waals surface area contributed by atoms with Gasteiger partial charge in [0, 0.05) is 12.4 Å². The lowest BCUT2D eigenvalue weighted by molar-refractivity contribution is -0.119. The van der Waals surface area contributed by atoms with Gasteiger partial charge in [-0.3, -0.25) is 9.69 Å². The first-order chi connectivity index (χ1) is 8.86. The first-order valence-electron chi connectivity index (χ1n) is 6.15. The lowest BCUT2D eigenvalue weighted by Crippen LogP contribution is -2.47. The maximum Gasteiger partial charge on any atom is 0.312 e. The number of carbonyl (C=O) groups is 2. The second-order valence-electron chi connectivity index (χ2n) is 4.49. The third-order valence-corrected chi connectivity index (χ3v) is 3.91. The van der Waals surface area contributed by atoms with Gasteiger partial charge in [-0.15, -0.1) is 11.3 Å². The number of rotatable bonds is 5. The molecule has 0 spiro atoms. The highest BCUT2D eigenvalue weighted by molar-refractivity contribution is 7.14. The molecular formula is C12H20N4O2S. The summed E-state index contributed by atoms with van der Waals surface area (Å²) in [5.74, 6) is 0.124. The second-order valence-corrected chi connectivity index (χ2v) is 5.33. The van der Waals surface area contributed by atoms with Gasteiger partial charge in [0.25, 0.3) is 5.91 Å². The maximum atomic E-state index is 12.0. The molecule has 19 heavy (non-hydrogen) atoms. The van der Waals surface area contributed by atoms with E-state index in [1.807, 2.05) is 5.38 Å². The summed E-state index contributed by atoms with van der Waals surface area (Å²) in [5.41, 5.74) is 5.98. The van der Waals surface area contributed by atoms with Crippen molar-refractivity contribution in [1.29, 1.82) is 0 Å². The molecule has 3 amide bonds. The van der Waals surface area contributed by atoms with Gasteiger partial charge in [-0.1, -0.05) is 13.8 Å². The summed E-state index contributed by atoms with van der Waals surface area (Å²) < 4.78 is 0. The molecule has 2 atom stereocenters. The predicted molar refractivity (Wildman–Crippen MR) is 76.4 cm³/mol. The number of nitrogens with one attached hydrogen (secondary N) is 1. The Morgan fingerprint density at radius 1 is 1.53 bits per heavy atom. The number of thiazole rings is 1. The van der Waals surface area contributed by atoms with E-state index in [0.29, 0.717) is 11.0 Å². The Balaban J connectivity index is 2.76. The molecule has 0 fully saturated rings. The van der Waals surface area contributed by atoms with Gasteiger partial charge in [-0.2, -0.15) is 0 Å². The van der Waals surface area contributed by atoms with Crippen molar-refractivity contribution < 1.29 is 9.59 Å². The van der Waals surface area contributed by atoms with Crippen molar-refractivity contribution in [3.63, 3.8) is 0 Å². The molecule has 0 saturated heterocycles. The van der Waals surface area contributed by atoms with E-state index in [4.69, 9.17) is 5.73 Å². The molecule has 0 bridgehead atoms. The Labute approximate surface area is 117 Å². The van der Waals surface area contributed by atoms with Crippen molar-refractivity contribution >= 4 is 28.4 Å². The van der Waals surface area contributed by atoms with E-state index in [2.05, 4.69) is 24.1 Å². The summed E-state index contributed by atoms with van der Waals surface area (Å²) in [4.78, 5) is 28.7. The molecule has 106 valence electrons. The van der Waals surface area contributed by atoms with Gasteiger partial charge in [-0.25, -0.2) is 9.78 Å². The van der Waals surface area contributed by atoms with Crippen LogP contribution in [0, 0.1) is 0 Å². The standard InChI is InChI=1S/C12H20N4O2S/c1-5-7(2)9-6-19-12(15-9)16(4)10(17)8(3)14-11(13)18/h6-8H,5H2,1-4H3,(H3,13,14,18)/t7-,8+/m0/s1. The third-order valence-electron chi connectivity index (χ3n) is 2.97. The van der Waals surface area contributed by atoms with Gasteiger partial charge in [0.2, 0.25) is 0 Å². The molecule has 0 saturated carbocycles. The normalized spacial score (nSPS) is 13.7. The van der Waals surface area contributed by atoms with E-state index in [0.717, 1.165) is 12.1 Å². The fourth-order valence-electron chi connectivity index (χ4n) is 1.53. The van der Waals surface area contributed by atoms with Crippen LogP contribution in [-0.4, -0.2) is 30.0 Å². The van der Waals surface area contributed by atoms with Gasteiger partial charge in [-0.05, 0) is 19.3 Å². The van der Waals surface area contributed by atoms with Crippen molar-refractivity contribution in [1.82, 2.24) is 10.3 Å². The van der Waals surface area contributed by atoms with Crippen molar-refractivity contribution in [2.24, 2.45) is 5.73 Å². The maximum absolute atomic E-state index is 12.0. The van der Waals surface area contributed by atoms with Gasteiger partial charge < -0.3 is 11.1 Å². The first-order valence-corrected chi connectivity index (χ1v) is 7.03. The number of amides is 3. The van der Waals surface area contributed by atoms with Crippen LogP contribution in [0.2, 0.25) is 0 Å². The number of hydrogen-bond acceptors (Lipinski definition) is 4. The van der Waals surface area contributed by atoms with Crippen molar-refractivity contribution in [3.05, 3.63) is 11.1 Å². The molecule has 0 unspecified atom stereocenters. The number of primary amides is 1. The highest BCUT2D eigenvalue weighted by atomic mass is 32.1. The molecule has 6 nitrogen and oxygen atoms in total. The number of likely N-dealkylation sites (N-methyl/N-ethyl adjacent to an activating group) is 1. The molecule has 0 aliphatic carbocycles. The highest BCUT2D eigenvalue weighted by Gasteiger charge is 2.22. The van der Waals surface area contributed by atoms with Crippen molar-refractivity contribution in [3.8, 4) is 0 Å². The summed E-state index contributed by atoms with van der Waals surface area (Å²) in [6.45, 7) is 5.78. The van der Waals surface area contributed by atoms with Crippen LogP contribution in [0.5, 0.6) is 0 Å². The van der Waals surface area contributed by atoms with Crippen molar-refractivity contribution in [2.45, 2.75) is 39.2 Å². The van der Waals surface area contributed by atoms with Gasteiger partial charge >= 0.3 is 6.03 Å². The molecule has 1 rings (SSSR count). The van der Waals surface area contributed by atoms with Gasteiger partial charge in [0.1, 0.15) is 6.04 Å². The smallest absolute Gasteiger partial charge is 0.312 e. The average Bonchev–Trinajstić information content (AvgIpc) is 2.84. The summed E-state index contributed by atoms with van der Waals surface area (Å²) in [6, 6.07) is -1.38. The van der Waals surface area contributed by atoms with E-state index < -0.39 is 12.1 Å². The highest BCUT2D eigenvalue weighted by Crippen LogP contribution is 2.26. The minimum Gasteiger partial charge on any atom is -0.352 e. The molecule has 1 aromatic rings. The van der Waals surface area contributed by atoms with Crippen LogP contribution < -0.4 is 16.0 Å². The molecule has 0 aliphatic rings. The number of aromatic nitrogens is 1. The summed E-state index contributed by atoms with van der Waals surface area (Å²) in [5, 5.41) is 4.94. The average molecular weight is 284 g/mol. The van der Waals surface area contributed by atoms with Crippen LogP contribution in [0.15, 0.2) is 5.38 Å². The topological polar surface area (TPSA) is 88.3 Å². The van der Waals surface area contributed by atoms with Crippen molar-refractivity contribution in [2.75, 3.05) is 11.9 Å². The molecule has 0 aromatic carbocycles. The Hall–Kier alpha value is -1.63. The largest absolute Gasteiger partial charge is 0.352 e. The van der Waals surface area contributed by atoms with Gasteiger partial charge in [0.05, 0.1) is 5.69 Å². The summed E-state index contributed by atoms with van der Waals surface area (Å²) in [6.07, 6.45) is 1.00. The molecule has 0 radical (unpaired) electrons. The Morgan fingerprint density at radius 3 is 2.68 bits per heavy atom. The van der Waals surface area contributed by atoms with Crippen LogP contribution in [0.1, 0.15) is 38.8 Å². The molecule has 1 heterocycles. The quantitative estimate of drug-likeness (QED) is 0.862. The number of carbonyl (C=O) groups excluding carboxylic acids is 2. The lowest BCUT2D eigenvalue weighted by atomic mass is 10.1. The molecule has 7 heteroatoms. The fourth-order valence-corrected chi connectivity index (χ4v) is 2.44. The third kappa shape index (κ3) is 3.92. The summed E-state index contributed by atoms with van der Waals surface area (Å²) >= 11 is 1.42. The molecule has 0 aliphatic heterocycles. The fraction of sp³-hybridized carbons (Fsp3) is 0.583. The van der Waals surface area contributed by atoms with Crippen LogP contribution >= 0.6 is 11.3 Å². The SMILES string of the molecule is CC[C@H](C)c1csc(N(C)C(=O)[C@@H](C)NC(N)=O)n1. The number of anilines is 1. The van der Waals surface area contributed by atoms with E-state index >= 15 is 0 Å². The Kier molecular flexibility index (Phi) is 5.29. The second kappa shape index (κ2) is 6.51. The van der Waals surface area contributed by atoms with Crippen LogP contribution in [0.4, 0.5) is 9.93 Å². The first kappa shape index (κ1) is 15.4. The molecular weight excluding hydrogens is 264 g/mol. The number of nitrogens with zero attached hydrogens (tertiary/aromatic N) is 2. The zero-order valence-corrected chi connectivity index (χ0v) is 12.5. The Bertz CT molecular complexity index is 460. The van der Waals surface area contributed by atoms with E-state index in [-0.39, 0.29) is 5.91 Å². The zero-order chi connectivity index (χ0) is 14.6.